The van der Waals surface area contributed by atoms with E-state index in [9.17, 15) is 4.79 Å². The molecule has 0 unspecified atom stereocenters. The zero-order valence-corrected chi connectivity index (χ0v) is 19.4. The predicted molar refractivity (Wildman–Crippen MR) is 126 cm³/mol. The average molecular weight is 426 g/mol. The summed E-state index contributed by atoms with van der Waals surface area (Å²) in [6.07, 6.45) is 0. The molecule has 0 N–H and O–H groups in total. The molecule has 1 amide bonds. The Bertz CT molecular complexity index is 1010. The minimum absolute atomic E-state index is 0.0118. The van der Waals surface area contributed by atoms with Crippen LogP contribution in [0.5, 0.6) is 5.75 Å². The van der Waals surface area contributed by atoms with E-state index in [1.165, 1.54) is 16.9 Å². The number of para-hydroxylation sites is 1. The molecule has 1 heterocycles. The summed E-state index contributed by atoms with van der Waals surface area (Å²) in [7, 11) is 0. The predicted octanol–water partition coefficient (Wildman–Crippen LogP) is 5.30. The second-order valence-electron chi connectivity index (χ2n) is 7.32. The van der Waals surface area contributed by atoms with Crippen LogP contribution >= 0.6 is 11.3 Å². The molecule has 30 heavy (non-hydrogen) atoms. The molecule has 2 aromatic carbocycles. The van der Waals surface area contributed by atoms with Crippen molar-refractivity contribution in [2.75, 3.05) is 37.7 Å². The fourth-order valence-electron chi connectivity index (χ4n) is 3.39. The topological polar surface area (TPSA) is 45.7 Å². The molecule has 6 heteroatoms. The number of aromatic nitrogens is 1. The third-order valence-corrected chi connectivity index (χ3v) is 6.48. The number of nitrogens with zero attached hydrogens (tertiary/aromatic N) is 3. The van der Waals surface area contributed by atoms with Gasteiger partial charge in [0.25, 0.3) is 5.91 Å². The highest BCUT2D eigenvalue weighted by molar-refractivity contribution is 7.22. The van der Waals surface area contributed by atoms with Crippen molar-refractivity contribution in [1.29, 1.82) is 0 Å². The van der Waals surface area contributed by atoms with Crippen molar-refractivity contribution >= 4 is 32.6 Å². The average Bonchev–Trinajstić information content (AvgIpc) is 3.18. The van der Waals surface area contributed by atoms with Crippen molar-refractivity contribution in [3.05, 3.63) is 53.1 Å². The first-order chi connectivity index (χ1) is 14.5. The number of rotatable bonds is 9. The van der Waals surface area contributed by atoms with Gasteiger partial charge in [0.1, 0.15) is 11.3 Å². The van der Waals surface area contributed by atoms with Crippen molar-refractivity contribution in [3.63, 3.8) is 0 Å². The molecule has 5 nitrogen and oxygen atoms in total. The zero-order valence-electron chi connectivity index (χ0n) is 18.6. The molecule has 0 saturated carbocycles. The van der Waals surface area contributed by atoms with Gasteiger partial charge in [-0.15, -0.1) is 0 Å². The van der Waals surface area contributed by atoms with Gasteiger partial charge < -0.3 is 9.64 Å². The molecule has 0 aliphatic carbocycles. The Morgan fingerprint density at radius 1 is 1.03 bits per heavy atom. The zero-order chi connectivity index (χ0) is 21.7. The third kappa shape index (κ3) is 4.82. The minimum atomic E-state index is -0.0118. The molecule has 0 fully saturated rings. The number of thiazole rings is 1. The Hall–Kier alpha value is -2.44. The van der Waals surface area contributed by atoms with Gasteiger partial charge >= 0.3 is 0 Å². The van der Waals surface area contributed by atoms with E-state index >= 15 is 0 Å². The number of aryl methyl sites for hydroxylation is 2. The number of likely N-dealkylation sites (N-methyl/N-ethyl adjacent to an activating group) is 1. The first-order valence-corrected chi connectivity index (χ1v) is 11.4. The minimum Gasteiger partial charge on any atom is -0.492 e. The molecule has 0 aliphatic heterocycles. The molecule has 160 valence electrons. The normalized spacial score (nSPS) is 11.3. The summed E-state index contributed by atoms with van der Waals surface area (Å²) in [5.74, 6) is 0.752. The first-order valence-electron chi connectivity index (χ1n) is 10.6. The summed E-state index contributed by atoms with van der Waals surface area (Å²) in [5.41, 5.74) is 3.82. The number of ether oxygens (including phenoxy) is 1. The molecule has 0 radical (unpaired) electrons. The Morgan fingerprint density at radius 2 is 1.80 bits per heavy atom. The number of hydrogen-bond acceptors (Lipinski definition) is 5. The van der Waals surface area contributed by atoms with Crippen molar-refractivity contribution in [1.82, 2.24) is 9.88 Å². The van der Waals surface area contributed by atoms with Crippen molar-refractivity contribution < 1.29 is 9.53 Å². The second kappa shape index (κ2) is 10.0. The van der Waals surface area contributed by atoms with E-state index in [4.69, 9.17) is 9.72 Å². The maximum Gasteiger partial charge on any atom is 0.260 e. The fourth-order valence-corrected chi connectivity index (χ4v) is 4.40. The van der Waals surface area contributed by atoms with Crippen LogP contribution in [-0.2, 0) is 0 Å². The SMILES string of the molecule is CCOc1cccc2sc(N(CCN(CC)CC)C(=O)c3ccc(C)c(C)c3)nc12. The standard InChI is InChI=1S/C24H31N3O2S/c1-6-26(7-2)14-15-27(23(28)19-13-12-17(4)18(5)16-19)24-25-22-20(29-8-3)10-9-11-21(22)30-24/h9-13,16H,6-8,14-15H2,1-5H3. The van der Waals surface area contributed by atoms with E-state index in [1.807, 2.05) is 55.1 Å². The number of hydrogen-bond donors (Lipinski definition) is 0. The lowest BCUT2D eigenvalue weighted by molar-refractivity contribution is 0.0983. The van der Waals surface area contributed by atoms with Gasteiger partial charge in [-0.25, -0.2) is 4.98 Å². The van der Waals surface area contributed by atoms with Crippen LogP contribution in [0.25, 0.3) is 10.2 Å². The highest BCUT2D eigenvalue weighted by atomic mass is 32.1. The maximum absolute atomic E-state index is 13.5. The number of anilines is 1. The van der Waals surface area contributed by atoms with Gasteiger partial charge in [-0.05, 0) is 69.3 Å². The molecule has 0 bridgehead atoms. The Balaban J connectivity index is 2.00. The summed E-state index contributed by atoms with van der Waals surface area (Å²) < 4.78 is 6.78. The maximum atomic E-state index is 13.5. The number of carbonyl (C=O) groups is 1. The van der Waals surface area contributed by atoms with Crippen LogP contribution in [-0.4, -0.2) is 48.6 Å². The summed E-state index contributed by atoms with van der Waals surface area (Å²) in [6, 6.07) is 11.8. The van der Waals surface area contributed by atoms with Gasteiger partial charge in [0.2, 0.25) is 0 Å². The molecule has 0 atom stereocenters. The molecule has 3 aromatic rings. The summed E-state index contributed by atoms with van der Waals surface area (Å²) in [6.45, 7) is 14.2. The van der Waals surface area contributed by atoms with Crippen LogP contribution in [0.15, 0.2) is 36.4 Å². The summed E-state index contributed by atoms with van der Waals surface area (Å²) >= 11 is 1.54. The number of carbonyl (C=O) groups excluding carboxylic acids is 1. The Morgan fingerprint density at radius 3 is 2.47 bits per heavy atom. The highest BCUT2D eigenvalue weighted by Gasteiger charge is 2.23. The molecule has 0 aliphatic rings. The monoisotopic (exact) mass is 425 g/mol. The van der Waals surface area contributed by atoms with Crippen LogP contribution in [0.1, 0.15) is 42.3 Å². The molecule has 0 spiro atoms. The fraction of sp³-hybridized carbons (Fsp3) is 0.417. The van der Waals surface area contributed by atoms with Crippen LogP contribution in [0, 0.1) is 13.8 Å². The van der Waals surface area contributed by atoms with Crippen LogP contribution in [0.2, 0.25) is 0 Å². The summed E-state index contributed by atoms with van der Waals surface area (Å²) in [4.78, 5) is 22.5. The van der Waals surface area contributed by atoms with Gasteiger partial charge in [-0.3, -0.25) is 9.69 Å². The van der Waals surface area contributed by atoms with Gasteiger partial charge in [-0.1, -0.05) is 37.3 Å². The van der Waals surface area contributed by atoms with Crippen LogP contribution in [0.4, 0.5) is 5.13 Å². The largest absolute Gasteiger partial charge is 0.492 e. The number of benzene rings is 2. The van der Waals surface area contributed by atoms with E-state index in [0.29, 0.717) is 23.8 Å². The lowest BCUT2D eigenvalue weighted by atomic mass is 10.1. The lowest BCUT2D eigenvalue weighted by Gasteiger charge is -2.25. The smallest absolute Gasteiger partial charge is 0.260 e. The number of fused-ring (bicyclic) bond motifs is 1. The number of amides is 1. The third-order valence-electron chi connectivity index (χ3n) is 5.43. The van der Waals surface area contributed by atoms with E-state index in [2.05, 4.69) is 25.7 Å². The van der Waals surface area contributed by atoms with Crippen molar-refractivity contribution in [3.8, 4) is 5.75 Å². The van der Waals surface area contributed by atoms with Gasteiger partial charge in [0.15, 0.2) is 5.13 Å². The second-order valence-corrected chi connectivity index (χ2v) is 8.32. The van der Waals surface area contributed by atoms with Crippen molar-refractivity contribution in [2.45, 2.75) is 34.6 Å². The molecule has 0 saturated heterocycles. The van der Waals surface area contributed by atoms with E-state index < -0.39 is 0 Å². The lowest BCUT2D eigenvalue weighted by Crippen LogP contribution is -2.38. The quantitative estimate of drug-likeness (QED) is 0.467. The molecular weight excluding hydrogens is 394 g/mol. The Labute approximate surface area is 183 Å². The van der Waals surface area contributed by atoms with Crippen LogP contribution < -0.4 is 9.64 Å². The first kappa shape index (κ1) is 22.2. The molecule has 1 aromatic heterocycles. The van der Waals surface area contributed by atoms with Crippen LogP contribution in [0.3, 0.4) is 0 Å². The van der Waals surface area contributed by atoms with E-state index in [1.54, 1.807) is 0 Å². The molecular formula is C24H31N3O2S. The van der Waals surface area contributed by atoms with Gasteiger partial charge in [0, 0.05) is 18.7 Å². The van der Waals surface area contributed by atoms with Crippen molar-refractivity contribution in [2.24, 2.45) is 0 Å². The van der Waals surface area contributed by atoms with Gasteiger partial charge in [0.05, 0.1) is 11.3 Å². The van der Waals surface area contributed by atoms with E-state index in [-0.39, 0.29) is 5.91 Å². The highest BCUT2D eigenvalue weighted by Crippen LogP contribution is 2.34. The summed E-state index contributed by atoms with van der Waals surface area (Å²) in [5, 5.41) is 0.715. The molecule has 3 rings (SSSR count). The van der Waals surface area contributed by atoms with Gasteiger partial charge in [-0.2, -0.15) is 0 Å². The Kier molecular flexibility index (Phi) is 7.45. The van der Waals surface area contributed by atoms with E-state index in [0.717, 1.165) is 41.2 Å².